The van der Waals surface area contributed by atoms with Crippen molar-refractivity contribution in [2.75, 3.05) is 5.73 Å². The van der Waals surface area contributed by atoms with Crippen molar-refractivity contribution in [3.05, 3.63) is 48.5 Å². The Labute approximate surface area is 166 Å². The van der Waals surface area contributed by atoms with Gasteiger partial charge < -0.3 is 30.5 Å². The van der Waals surface area contributed by atoms with Crippen LogP contribution in [0.25, 0.3) is 11.2 Å². The van der Waals surface area contributed by atoms with E-state index in [-0.39, 0.29) is 11.9 Å². The third-order valence-electron chi connectivity index (χ3n) is 4.89. The fraction of sp³-hybridized carbons (Fsp3) is 0.421. The molecule has 0 aliphatic carbocycles. The zero-order valence-corrected chi connectivity index (χ0v) is 16.0. The molecule has 1 saturated heterocycles. The number of aromatic nitrogens is 4. The normalized spacial score (nSPS) is 26.8. The van der Waals surface area contributed by atoms with Crippen molar-refractivity contribution in [1.82, 2.24) is 19.5 Å². The molecule has 3 heterocycles. The SMILES string of the molecule is CC(C)OC(O)(c1ccccc1)[C@H]1O[C@@H](n2cnc3c(N)ncnc32)[C@H](O)[C@@H]1O. The van der Waals surface area contributed by atoms with Crippen molar-refractivity contribution < 1.29 is 24.8 Å². The number of hydrogen-bond acceptors (Lipinski definition) is 9. The quantitative estimate of drug-likeness (QED) is 0.443. The van der Waals surface area contributed by atoms with Gasteiger partial charge in [-0.2, -0.15) is 0 Å². The fourth-order valence-corrected chi connectivity index (χ4v) is 3.60. The standard InChI is InChI=1S/C19H23N5O5/c1-10(2)29-19(27,11-6-4-3-5-7-11)15-13(25)14(26)18(28-15)24-9-23-12-16(20)21-8-22-17(12)24/h3-10,13-15,18,25-27H,1-2H3,(H2,20,21,22)/t13-,14+,15-,18+,19?/m0/s1. The first-order valence-electron chi connectivity index (χ1n) is 9.23. The van der Waals surface area contributed by atoms with Gasteiger partial charge in [-0.15, -0.1) is 0 Å². The zero-order chi connectivity index (χ0) is 20.8. The Morgan fingerprint density at radius 2 is 1.86 bits per heavy atom. The van der Waals surface area contributed by atoms with E-state index in [1.165, 1.54) is 17.2 Å². The molecular weight excluding hydrogens is 378 g/mol. The summed E-state index contributed by atoms with van der Waals surface area (Å²) in [4.78, 5) is 12.2. The second-order valence-corrected chi connectivity index (χ2v) is 7.24. The number of aliphatic hydroxyl groups excluding tert-OH is 2. The summed E-state index contributed by atoms with van der Waals surface area (Å²) in [5.41, 5.74) is 6.89. The van der Waals surface area contributed by atoms with Crippen molar-refractivity contribution in [2.24, 2.45) is 0 Å². The molecule has 0 bridgehead atoms. The molecule has 0 amide bonds. The third kappa shape index (κ3) is 3.24. The molecule has 1 unspecified atom stereocenters. The van der Waals surface area contributed by atoms with Crippen LogP contribution in [0.15, 0.2) is 43.0 Å². The fourth-order valence-electron chi connectivity index (χ4n) is 3.60. The second kappa shape index (κ2) is 7.32. The van der Waals surface area contributed by atoms with Crippen molar-refractivity contribution in [1.29, 1.82) is 0 Å². The predicted molar refractivity (Wildman–Crippen MR) is 102 cm³/mol. The lowest BCUT2D eigenvalue weighted by Gasteiger charge is -2.36. The summed E-state index contributed by atoms with van der Waals surface area (Å²) in [5.74, 6) is -1.81. The summed E-state index contributed by atoms with van der Waals surface area (Å²) in [7, 11) is 0. The first-order valence-corrected chi connectivity index (χ1v) is 9.23. The maximum atomic E-state index is 11.4. The van der Waals surface area contributed by atoms with E-state index in [9.17, 15) is 15.3 Å². The lowest BCUT2D eigenvalue weighted by atomic mass is 9.95. The number of ether oxygens (including phenoxy) is 2. The second-order valence-electron chi connectivity index (χ2n) is 7.24. The molecule has 1 aliphatic rings. The van der Waals surface area contributed by atoms with E-state index >= 15 is 0 Å². The Hall–Kier alpha value is -2.63. The van der Waals surface area contributed by atoms with Crippen LogP contribution in [0, 0.1) is 0 Å². The van der Waals surface area contributed by atoms with Gasteiger partial charge in [0.2, 0.25) is 5.79 Å². The van der Waals surface area contributed by atoms with E-state index in [1.807, 2.05) is 0 Å². The molecule has 0 saturated carbocycles. The number of fused-ring (bicyclic) bond motifs is 1. The number of nitrogen functional groups attached to an aromatic ring is 1. The molecule has 0 spiro atoms. The average molecular weight is 401 g/mol. The summed E-state index contributed by atoms with van der Waals surface area (Å²) in [6, 6.07) is 8.60. The largest absolute Gasteiger partial charge is 0.387 e. The molecular formula is C19H23N5O5. The average Bonchev–Trinajstić information content (AvgIpc) is 3.25. The van der Waals surface area contributed by atoms with Crippen molar-refractivity contribution >= 4 is 17.0 Å². The number of benzene rings is 1. The monoisotopic (exact) mass is 401 g/mol. The Morgan fingerprint density at radius 3 is 2.55 bits per heavy atom. The molecule has 10 heteroatoms. The van der Waals surface area contributed by atoms with Crippen molar-refractivity contribution in [3.8, 4) is 0 Å². The van der Waals surface area contributed by atoms with Crippen LogP contribution < -0.4 is 5.73 Å². The molecule has 1 fully saturated rings. The molecule has 29 heavy (non-hydrogen) atoms. The third-order valence-corrected chi connectivity index (χ3v) is 4.89. The number of anilines is 1. The van der Waals surface area contributed by atoms with Crippen LogP contribution in [-0.4, -0.2) is 59.3 Å². The molecule has 5 atom stereocenters. The van der Waals surface area contributed by atoms with Gasteiger partial charge in [-0.25, -0.2) is 15.0 Å². The minimum Gasteiger partial charge on any atom is -0.387 e. The van der Waals surface area contributed by atoms with E-state index < -0.39 is 30.3 Å². The van der Waals surface area contributed by atoms with E-state index in [0.717, 1.165) is 0 Å². The summed E-state index contributed by atoms with van der Waals surface area (Å²) in [5, 5.41) is 32.9. The van der Waals surface area contributed by atoms with Crippen LogP contribution in [-0.2, 0) is 15.3 Å². The number of hydrogen-bond donors (Lipinski definition) is 4. The number of nitrogens with two attached hydrogens (primary N) is 1. The summed E-state index contributed by atoms with van der Waals surface area (Å²) >= 11 is 0. The highest BCUT2D eigenvalue weighted by molar-refractivity contribution is 5.81. The van der Waals surface area contributed by atoms with Crippen LogP contribution in [0.4, 0.5) is 5.82 Å². The maximum absolute atomic E-state index is 11.4. The van der Waals surface area contributed by atoms with Crippen LogP contribution >= 0.6 is 0 Å². The van der Waals surface area contributed by atoms with Gasteiger partial charge in [-0.05, 0) is 13.8 Å². The molecule has 0 radical (unpaired) electrons. The Morgan fingerprint density at radius 1 is 1.14 bits per heavy atom. The molecule has 5 N–H and O–H groups in total. The first-order chi connectivity index (χ1) is 13.8. The van der Waals surface area contributed by atoms with Crippen molar-refractivity contribution in [2.45, 2.75) is 50.3 Å². The van der Waals surface area contributed by atoms with Crippen LogP contribution in [0.2, 0.25) is 0 Å². The van der Waals surface area contributed by atoms with Crippen LogP contribution in [0.3, 0.4) is 0 Å². The van der Waals surface area contributed by atoms with Gasteiger partial charge in [0.25, 0.3) is 0 Å². The van der Waals surface area contributed by atoms with Gasteiger partial charge in [0.1, 0.15) is 30.2 Å². The van der Waals surface area contributed by atoms with Gasteiger partial charge >= 0.3 is 0 Å². The number of nitrogens with zero attached hydrogens (tertiary/aromatic N) is 4. The Bertz CT molecular complexity index is 997. The predicted octanol–water partition coefficient (Wildman–Crippen LogP) is 0.298. The Kier molecular flexibility index (Phi) is 4.97. The zero-order valence-electron chi connectivity index (χ0n) is 16.0. The first kappa shape index (κ1) is 19.7. The maximum Gasteiger partial charge on any atom is 0.222 e. The summed E-state index contributed by atoms with van der Waals surface area (Å²) in [6.07, 6.45) is -2.88. The van der Waals surface area contributed by atoms with E-state index in [4.69, 9.17) is 15.2 Å². The highest BCUT2D eigenvalue weighted by atomic mass is 16.7. The van der Waals surface area contributed by atoms with Crippen molar-refractivity contribution in [3.63, 3.8) is 0 Å². The highest BCUT2D eigenvalue weighted by Gasteiger charge is 2.55. The number of rotatable bonds is 5. The molecule has 3 aromatic rings. The van der Waals surface area contributed by atoms with E-state index in [1.54, 1.807) is 44.2 Å². The molecule has 1 aromatic carbocycles. The summed E-state index contributed by atoms with van der Waals surface area (Å²) < 4.78 is 13.2. The molecule has 4 rings (SSSR count). The van der Waals surface area contributed by atoms with E-state index in [0.29, 0.717) is 16.7 Å². The molecule has 154 valence electrons. The molecule has 10 nitrogen and oxygen atoms in total. The van der Waals surface area contributed by atoms with E-state index in [2.05, 4.69) is 15.0 Å². The van der Waals surface area contributed by atoms with Gasteiger partial charge in [0, 0.05) is 5.56 Å². The summed E-state index contributed by atoms with van der Waals surface area (Å²) in [6.45, 7) is 3.51. The minimum atomic E-state index is -1.99. The van der Waals surface area contributed by atoms with Gasteiger partial charge in [0.05, 0.1) is 12.4 Å². The number of imidazole rings is 1. The minimum absolute atomic E-state index is 0.183. The lowest BCUT2D eigenvalue weighted by Crippen LogP contribution is -2.50. The smallest absolute Gasteiger partial charge is 0.222 e. The Balaban J connectivity index is 1.74. The van der Waals surface area contributed by atoms with Gasteiger partial charge in [-0.3, -0.25) is 4.57 Å². The van der Waals surface area contributed by atoms with Crippen LogP contribution in [0.5, 0.6) is 0 Å². The topological polar surface area (TPSA) is 149 Å². The lowest BCUT2D eigenvalue weighted by molar-refractivity contribution is -0.300. The van der Waals surface area contributed by atoms with Crippen LogP contribution in [0.1, 0.15) is 25.6 Å². The molecule has 1 aliphatic heterocycles. The number of aliphatic hydroxyl groups is 3. The molecule has 2 aromatic heterocycles. The van der Waals surface area contributed by atoms with Gasteiger partial charge in [0.15, 0.2) is 17.7 Å². The van der Waals surface area contributed by atoms with Gasteiger partial charge in [-0.1, -0.05) is 30.3 Å². The highest BCUT2D eigenvalue weighted by Crippen LogP contribution is 2.41.